The Morgan fingerprint density at radius 2 is 1.81 bits per heavy atom. The van der Waals surface area contributed by atoms with Gasteiger partial charge in [0.15, 0.2) is 5.78 Å². The van der Waals surface area contributed by atoms with Crippen LogP contribution in [0.25, 0.3) is 0 Å². The van der Waals surface area contributed by atoms with Gasteiger partial charge < -0.3 is 0 Å². The van der Waals surface area contributed by atoms with E-state index in [9.17, 15) is 4.79 Å². The second-order valence-electron chi connectivity index (χ2n) is 5.77. The lowest BCUT2D eigenvalue weighted by molar-refractivity contribution is 0.0948. The highest BCUT2D eigenvalue weighted by Crippen LogP contribution is 2.69. The molecule has 0 radical (unpaired) electrons. The quantitative estimate of drug-likeness (QED) is 0.725. The Balaban J connectivity index is 2.33. The van der Waals surface area contributed by atoms with E-state index in [1.807, 2.05) is 13.0 Å². The van der Waals surface area contributed by atoms with E-state index in [2.05, 4.69) is 43.6 Å². The number of halogens is 1. The predicted octanol–water partition coefficient (Wildman–Crippen LogP) is 4.68. The number of rotatable bonds is 2. The topological polar surface area (TPSA) is 17.1 Å². The number of thiophene rings is 1. The van der Waals surface area contributed by atoms with Crippen LogP contribution in [0.15, 0.2) is 10.5 Å². The van der Waals surface area contributed by atoms with Crippen LogP contribution in [-0.4, -0.2) is 5.78 Å². The van der Waals surface area contributed by atoms with Crippen LogP contribution in [0.1, 0.15) is 42.2 Å². The lowest BCUT2D eigenvalue weighted by Gasteiger charge is -2.03. The molecule has 1 saturated carbocycles. The van der Waals surface area contributed by atoms with Gasteiger partial charge in [-0.1, -0.05) is 27.7 Å². The molecule has 1 nitrogen and oxygen atoms in total. The summed E-state index contributed by atoms with van der Waals surface area (Å²) >= 11 is 5.07. The van der Waals surface area contributed by atoms with Crippen molar-refractivity contribution in [1.29, 1.82) is 0 Å². The van der Waals surface area contributed by atoms with Crippen molar-refractivity contribution in [2.75, 3.05) is 0 Å². The number of ketones is 1. The lowest BCUT2D eigenvalue weighted by atomic mass is 10.0. The molecule has 0 aromatic carbocycles. The summed E-state index contributed by atoms with van der Waals surface area (Å²) in [5, 5.41) is 0. The molecule has 0 atom stereocenters. The van der Waals surface area contributed by atoms with Crippen molar-refractivity contribution in [3.63, 3.8) is 0 Å². The Labute approximate surface area is 109 Å². The van der Waals surface area contributed by atoms with Gasteiger partial charge in [0, 0.05) is 15.3 Å². The van der Waals surface area contributed by atoms with Crippen LogP contribution >= 0.6 is 27.3 Å². The number of Topliss-reactive ketones (excluding diaryl/α,β-unsaturated/α-hetero) is 1. The molecule has 16 heavy (non-hydrogen) atoms. The van der Waals surface area contributed by atoms with Crippen LogP contribution in [0, 0.1) is 23.7 Å². The maximum Gasteiger partial charge on any atom is 0.178 e. The normalized spacial score (nSPS) is 22.1. The van der Waals surface area contributed by atoms with Crippen molar-refractivity contribution >= 4 is 33.0 Å². The van der Waals surface area contributed by atoms with Crippen molar-refractivity contribution in [2.24, 2.45) is 16.7 Å². The Kier molecular flexibility index (Phi) is 2.63. The van der Waals surface area contributed by atoms with Crippen molar-refractivity contribution in [1.82, 2.24) is 0 Å². The zero-order valence-corrected chi connectivity index (χ0v) is 12.8. The number of carbonyl (C=O) groups is 1. The molecule has 2 rings (SSSR count). The molecule has 88 valence electrons. The first-order chi connectivity index (χ1) is 7.19. The van der Waals surface area contributed by atoms with Gasteiger partial charge in [0.1, 0.15) is 0 Å². The van der Waals surface area contributed by atoms with Gasteiger partial charge in [0.05, 0.1) is 4.88 Å². The van der Waals surface area contributed by atoms with E-state index >= 15 is 0 Å². The van der Waals surface area contributed by atoms with Gasteiger partial charge in [-0.15, -0.1) is 11.3 Å². The Morgan fingerprint density at radius 1 is 1.31 bits per heavy atom. The van der Waals surface area contributed by atoms with E-state index in [1.165, 1.54) is 4.88 Å². The SMILES string of the molecule is Cc1cc(Br)c(C(=O)C2C(C)(C)C2(C)C)s1. The van der Waals surface area contributed by atoms with Gasteiger partial charge in [0.2, 0.25) is 0 Å². The van der Waals surface area contributed by atoms with E-state index in [4.69, 9.17) is 0 Å². The maximum atomic E-state index is 12.5. The van der Waals surface area contributed by atoms with Gasteiger partial charge in [-0.3, -0.25) is 4.79 Å². The van der Waals surface area contributed by atoms with E-state index in [0.717, 1.165) is 9.35 Å². The van der Waals surface area contributed by atoms with Gasteiger partial charge in [0.25, 0.3) is 0 Å². The summed E-state index contributed by atoms with van der Waals surface area (Å²) in [4.78, 5) is 14.5. The first kappa shape index (κ1) is 12.3. The zero-order chi connectivity index (χ0) is 12.3. The molecule has 0 unspecified atom stereocenters. The molecule has 1 fully saturated rings. The Hall–Kier alpha value is -0.150. The fraction of sp³-hybridized carbons (Fsp3) is 0.615. The molecule has 0 aliphatic heterocycles. The summed E-state index contributed by atoms with van der Waals surface area (Å²) in [6.07, 6.45) is 0. The van der Waals surface area contributed by atoms with E-state index in [-0.39, 0.29) is 16.7 Å². The smallest absolute Gasteiger partial charge is 0.178 e. The highest BCUT2D eigenvalue weighted by molar-refractivity contribution is 9.10. The molecule has 3 heteroatoms. The van der Waals surface area contributed by atoms with Crippen molar-refractivity contribution < 1.29 is 4.79 Å². The molecule has 0 bridgehead atoms. The molecule has 0 N–H and O–H groups in total. The van der Waals surface area contributed by atoms with Gasteiger partial charge in [-0.25, -0.2) is 0 Å². The third-order valence-corrected chi connectivity index (χ3v) is 6.27. The van der Waals surface area contributed by atoms with Gasteiger partial charge in [-0.2, -0.15) is 0 Å². The average molecular weight is 301 g/mol. The van der Waals surface area contributed by atoms with Gasteiger partial charge in [-0.05, 0) is 39.8 Å². The fourth-order valence-corrected chi connectivity index (χ4v) is 4.44. The number of hydrogen-bond acceptors (Lipinski definition) is 2. The molecular weight excluding hydrogens is 284 g/mol. The number of hydrogen-bond donors (Lipinski definition) is 0. The highest BCUT2D eigenvalue weighted by Gasteiger charge is 2.68. The molecule has 0 amide bonds. The third kappa shape index (κ3) is 1.52. The Bertz CT molecular complexity index is 442. The van der Waals surface area contributed by atoms with Crippen LogP contribution in [-0.2, 0) is 0 Å². The summed E-state index contributed by atoms with van der Waals surface area (Å²) < 4.78 is 0.957. The summed E-state index contributed by atoms with van der Waals surface area (Å²) in [6.45, 7) is 10.8. The van der Waals surface area contributed by atoms with Crippen LogP contribution in [0.4, 0.5) is 0 Å². The second kappa shape index (κ2) is 3.42. The van der Waals surface area contributed by atoms with Crippen molar-refractivity contribution in [3.05, 3.63) is 20.3 Å². The van der Waals surface area contributed by atoms with Crippen LogP contribution in [0.3, 0.4) is 0 Å². The molecule has 1 aromatic rings. The van der Waals surface area contributed by atoms with Crippen molar-refractivity contribution in [3.8, 4) is 0 Å². The van der Waals surface area contributed by atoms with E-state index in [1.54, 1.807) is 11.3 Å². The maximum absolute atomic E-state index is 12.5. The van der Waals surface area contributed by atoms with E-state index in [0.29, 0.717) is 5.78 Å². The van der Waals surface area contributed by atoms with Crippen LogP contribution in [0.5, 0.6) is 0 Å². The number of aryl methyl sites for hydroxylation is 1. The summed E-state index contributed by atoms with van der Waals surface area (Å²) in [5.74, 6) is 0.467. The minimum Gasteiger partial charge on any atom is -0.293 e. The lowest BCUT2D eigenvalue weighted by Crippen LogP contribution is -2.05. The molecular formula is C13H17BrOS. The highest BCUT2D eigenvalue weighted by atomic mass is 79.9. The van der Waals surface area contributed by atoms with Crippen molar-refractivity contribution in [2.45, 2.75) is 34.6 Å². The third-order valence-electron chi connectivity index (χ3n) is 4.32. The van der Waals surface area contributed by atoms with Crippen LogP contribution < -0.4 is 0 Å². The minimum absolute atomic E-state index is 0.126. The molecule has 1 aliphatic carbocycles. The second-order valence-corrected chi connectivity index (χ2v) is 7.89. The molecule has 1 heterocycles. The predicted molar refractivity (Wildman–Crippen MR) is 72.1 cm³/mol. The standard InChI is InChI=1S/C13H17BrOS/c1-7-6-8(14)10(16-7)9(15)11-12(2,3)13(11,4)5/h6,11H,1-5H3. The first-order valence-electron chi connectivity index (χ1n) is 5.49. The summed E-state index contributed by atoms with van der Waals surface area (Å²) in [7, 11) is 0. The minimum atomic E-state index is 0.126. The Morgan fingerprint density at radius 3 is 2.12 bits per heavy atom. The van der Waals surface area contributed by atoms with E-state index < -0.39 is 0 Å². The molecule has 0 spiro atoms. The summed E-state index contributed by atoms with van der Waals surface area (Å²) in [6, 6.07) is 2.03. The molecule has 1 aromatic heterocycles. The summed E-state index contributed by atoms with van der Waals surface area (Å²) in [5.41, 5.74) is 0.253. The average Bonchev–Trinajstić information content (AvgIpc) is 2.37. The largest absolute Gasteiger partial charge is 0.293 e. The van der Waals surface area contributed by atoms with Crippen LogP contribution in [0.2, 0.25) is 0 Å². The molecule has 0 saturated heterocycles. The molecule has 1 aliphatic rings. The monoisotopic (exact) mass is 300 g/mol. The first-order valence-corrected chi connectivity index (χ1v) is 7.10. The number of carbonyl (C=O) groups excluding carboxylic acids is 1. The van der Waals surface area contributed by atoms with Gasteiger partial charge >= 0.3 is 0 Å². The fourth-order valence-electron chi connectivity index (χ4n) is 2.63. The zero-order valence-electron chi connectivity index (χ0n) is 10.3.